The van der Waals surface area contributed by atoms with Crippen LogP contribution in [0.2, 0.25) is 0 Å². The van der Waals surface area contributed by atoms with Gasteiger partial charge in [-0.15, -0.1) is 0 Å². The van der Waals surface area contributed by atoms with Crippen LogP contribution in [0.5, 0.6) is 0 Å². The number of pyridine rings is 1. The first-order chi connectivity index (χ1) is 7.47. The van der Waals surface area contributed by atoms with Gasteiger partial charge in [0.1, 0.15) is 0 Å². The van der Waals surface area contributed by atoms with Crippen LogP contribution in [0.1, 0.15) is 29.4 Å². The summed E-state index contributed by atoms with van der Waals surface area (Å²) in [7, 11) is 0. The van der Waals surface area contributed by atoms with Gasteiger partial charge >= 0.3 is 5.97 Å². The van der Waals surface area contributed by atoms with Crippen LogP contribution in [0.15, 0.2) is 6.07 Å². The third-order valence-electron chi connectivity index (χ3n) is 1.67. The first-order valence-corrected chi connectivity index (χ1v) is 5.36. The molecule has 0 aliphatic heterocycles. The van der Waals surface area contributed by atoms with Gasteiger partial charge in [0, 0.05) is 0 Å². The standard InChI is InChI=1S/C9H7F3INO2/c1-2-16-9(15)6-4(7(10)11)3-5(13)8(12)14-6/h3,7H,2H2,1H3. The number of rotatable bonds is 3. The van der Waals surface area contributed by atoms with E-state index >= 15 is 0 Å². The maximum Gasteiger partial charge on any atom is 0.357 e. The van der Waals surface area contributed by atoms with Crippen molar-refractivity contribution in [3.05, 3.63) is 26.8 Å². The molecule has 3 nitrogen and oxygen atoms in total. The summed E-state index contributed by atoms with van der Waals surface area (Å²) >= 11 is 1.52. The second kappa shape index (κ2) is 5.46. The third kappa shape index (κ3) is 2.83. The molecule has 0 aliphatic carbocycles. The topological polar surface area (TPSA) is 39.2 Å². The smallest absolute Gasteiger partial charge is 0.357 e. The maximum absolute atomic E-state index is 13.1. The van der Waals surface area contributed by atoms with Crippen molar-refractivity contribution in [1.29, 1.82) is 0 Å². The van der Waals surface area contributed by atoms with Crippen LogP contribution in [-0.2, 0) is 4.74 Å². The lowest BCUT2D eigenvalue weighted by molar-refractivity contribution is 0.0505. The molecule has 88 valence electrons. The van der Waals surface area contributed by atoms with Gasteiger partial charge in [-0.2, -0.15) is 4.39 Å². The average Bonchev–Trinajstić information content (AvgIpc) is 2.21. The second-order valence-electron chi connectivity index (χ2n) is 2.72. The van der Waals surface area contributed by atoms with Crippen LogP contribution in [0, 0.1) is 9.52 Å². The summed E-state index contributed by atoms with van der Waals surface area (Å²) in [4.78, 5) is 14.4. The van der Waals surface area contributed by atoms with Gasteiger partial charge < -0.3 is 4.74 Å². The van der Waals surface area contributed by atoms with Gasteiger partial charge in [-0.3, -0.25) is 0 Å². The number of carbonyl (C=O) groups excluding carboxylic acids is 1. The summed E-state index contributed by atoms with van der Waals surface area (Å²) in [5.41, 5.74) is -1.29. The molecule has 1 aromatic heterocycles. The quantitative estimate of drug-likeness (QED) is 0.480. The molecule has 1 heterocycles. The number of carbonyl (C=O) groups is 1. The van der Waals surface area contributed by atoms with Crippen molar-refractivity contribution in [2.24, 2.45) is 0 Å². The van der Waals surface area contributed by atoms with E-state index < -0.39 is 29.6 Å². The lowest BCUT2D eigenvalue weighted by atomic mass is 10.2. The van der Waals surface area contributed by atoms with E-state index in [4.69, 9.17) is 0 Å². The number of hydrogen-bond acceptors (Lipinski definition) is 3. The number of hydrogen-bond donors (Lipinski definition) is 0. The van der Waals surface area contributed by atoms with E-state index in [0.717, 1.165) is 6.07 Å². The molecule has 0 N–H and O–H groups in total. The van der Waals surface area contributed by atoms with Gasteiger partial charge in [0.25, 0.3) is 6.43 Å². The molecule has 0 spiro atoms. The van der Waals surface area contributed by atoms with Gasteiger partial charge in [0.2, 0.25) is 5.95 Å². The van der Waals surface area contributed by atoms with E-state index in [1.165, 1.54) is 29.5 Å². The van der Waals surface area contributed by atoms with E-state index in [1.807, 2.05) is 0 Å². The number of alkyl halides is 2. The molecule has 0 saturated carbocycles. The van der Waals surface area contributed by atoms with E-state index in [0.29, 0.717) is 0 Å². The molecule has 0 aromatic carbocycles. The van der Waals surface area contributed by atoms with Crippen LogP contribution in [0.3, 0.4) is 0 Å². The zero-order chi connectivity index (χ0) is 12.3. The summed E-state index contributed by atoms with van der Waals surface area (Å²) in [5, 5.41) is 0. The van der Waals surface area contributed by atoms with E-state index in [1.54, 1.807) is 0 Å². The molecule has 0 fully saturated rings. The van der Waals surface area contributed by atoms with Crippen molar-refractivity contribution in [2.75, 3.05) is 6.61 Å². The monoisotopic (exact) mass is 345 g/mol. The van der Waals surface area contributed by atoms with Gasteiger partial charge in [0.15, 0.2) is 5.69 Å². The van der Waals surface area contributed by atoms with Crippen molar-refractivity contribution < 1.29 is 22.7 Å². The maximum atomic E-state index is 13.1. The van der Waals surface area contributed by atoms with Crippen molar-refractivity contribution in [3.8, 4) is 0 Å². The average molecular weight is 345 g/mol. The summed E-state index contributed by atoms with van der Waals surface area (Å²) in [5.74, 6) is -2.01. The molecule has 1 aromatic rings. The zero-order valence-electron chi connectivity index (χ0n) is 8.14. The molecule has 7 heteroatoms. The number of aromatic nitrogens is 1. The highest BCUT2D eigenvalue weighted by molar-refractivity contribution is 14.1. The van der Waals surface area contributed by atoms with E-state index in [9.17, 15) is 18.0 Å². The van der Waals surface area contributed by atoms with Crippen LogP contribution in [0.4, 0.5) is 13.2 Å². The Morgan fingerprint density at radius 3 is 2.75 bits per heavy atom. The highest BCUT2D eigenvalue weighted by Gasteiger charge is 2.23. The van der Waals surface area contributed by atoms with Crippen LogP contribution in [0.25, 0.3) is 0 Å². The zero-order valence-corrected chi connectivity index (χ0v) is 10.3. The normalized spacial score (nSPS) is 10.6. The van der Waals surface area contributed by atoms with Gasteiger partial charge in [0.05, 0.1) is 15.7 Å². The molecule has 1 rings (SSSR count). The number of halogens is 4. The predicted molar refractivity (Wildman–Crippen MR) is 57.8 cm³/mol. The highest BCUT2D eigenvalue weighted by atomic mass is 127. The Balaban J connectivity index is 3.24. The Labute approximate surface area is 103 Å². The fourth-order valence-corrected chi connectivity index (χ4v) is 1.47. The lowest BCUT2D eigenvalue weighted by Gasteiger charge is -2.08. The van der Waals surface area contributed by atoms with Crippen molar-refractivity contribution in [3.63, 3.8) is 0 Å². The molecule has 0 unspecified atom stereocenters. The minimum absolute atomic E-state index is 0.0107. The van der Waals surface area contributed by atoms with Crippen molar-refractivity contribution in [1.82, 2.24) is 4.98 Å². The number of ether oxygens (including phenoxy) is 1. The Morgan fingerprint density at radius 2 is 2.25 bits per heavy atom. The molecule has 0 amide bonds. The fraction of sp³-hybridized carbons (Fsp3) is 0.333. The first-order valence-electron chi connectivity index (χ1n) is 4.28. The Hall–Kier alpha value is -0.860. The Kier molecular flexibility index (Phi) is 4.51. The summed E-state index contributed by atoms with van der Waals surface area (Å²) in [6.45, 7) is 1.53. The molecular weight excluding hydrogens is 338 g/mol. The third-order valence-corrected chi connectivity index (χ3v) is 2.42. The minimum Gasteiger partial charge on any atom is -0.461 e. The Morgan fingerprint density at radius 1 is 1.62 bits per heavy atom. The first kappa shape index (κ1) is 13.2. The number of esters is 1. The van der Waals surface area contributed by atoms with Gasteiger partial charge in [-0.25, -0.2) is 18.6 Å². The second-order valence-corrected chi connectivity index (χ2v) is 3.88. The molecule has 0 saturated heterocycles. The minimum atomic E-state index is -2.90. The van der Waals surface area contributed by atoms with Gasteiger partial charge in [-0.05, 0) is 35.6 Å². The predicted octanol–water partition coefficient (Wildman–Crippen LogP) is 2.94. The Bertz CT molecular complexity index is 412. The molecule has 0 radical (unpaired) electrons. The molecule has 0 bridgehead atoms. The van der Waals surface area contributed by atoms with Crippen LogP contribution in [-0.4, -0.2) is 17.6 Å². The highest BCUT2D eigenvalue weighted by Crippen LogP contribution is 2.25. The fourth-order valence-electron chi connectivity index (χ4n) is 1.01. The number of nitrogens with zero attached hydrogens (tertiary/aromatic N) is 1. The molecular formula is C9H7F3INO2. The van der Waals surface area contributed by atoms with Crippen LogP contribution < -0.4 is 0 Å². The van der Waals surface area contributed by atoms with Crippen LogP contribution >= 0.6 is 22.6 Å². The van der Waals surface area contributed by atoms with Gasteiger partial charge in [-0.1, -0.05) is 0 Å². The van der Waals surface area contributed by atoms with E-state index in [-0.39, 0.29) is 10.2 Å². The molecule has 16 heavy (non-hydrogen) atoms. The SMILES string of the molecule is CCOC(=O)c1nc(F)c(I)cc1C(F)F. The molecule has 0 atom stereocenters. The van der Waals surface area contributed by atoms with E-state index in [2.05, 4.69) is 9.72 Å². The summed E-state index contributed by atoms with van der Waals surface area (Å²) in [6.07, 6.45) is -2.90. The summed E-state index contributed by atoms with van der Waals surface area (Å²) in [6, 6.07) is 0.889. The molecule has 0 aliphatic rings. The van der Waals surface area contributed by atoms with Crippen molar-refractivity contribution >= 4 is 28.6 Å². The largest absolute Gasteiger partial charge is 0.461 e. The lowest BCUT2D eigenvalue weighted by Crippen LogP contribution is -2.13. The van der Waals surface area contributed by atoms with Crippen molar-refractivity contribution in [2.45, 2.75) is 13.3 Å². The summed E-state index contributed by atoms with van der Waals surface area (Å²) < 4.78 is 42.6.